The lowest BCUT2D eigenvalue weighted by atomic mass is 10.1. The summed E-state index contributed by atoms with van der Waals surface area (Å²) in [6, 6.07) is 13.9. The molecule has 1 unspecified atom stereocenters. The molecule has 0 radical (unpaired) electrons. The second-order valence-corrected chi connectivity index (χ2v) is 6.83. The van der Waals surface area contributed by atoms with E-state index < -0.39 is 0 Å². The molecule has 2 aromatic carbocycles. The number of benzene rings is 2. The number of rotatable bonds is 3. The topological polar surface area (TPSA) is 34.0 Å². The molecule has 1 amide bonds. The number of hydrogen-bond donors (Lipinski definition) is 1. The molecule has 0 aliphatic carbocycles. The molecule has 118 valence electrons. The Labute approximate surface area is 144 Å². The van der Waals surface area contributed by atoms with Crippen LogP contribution in [0.4, 0.5) is 5.69 Å². The fourth-order valence-electron chi connectivity index (χ4n) is 2.71. The number of carbonyl (C=O) groups excluding carboxylic acids is 1. The van der Waals surface area contributed by atoms with Crippen LogP contribution in [0.5, 0.6) is 0 Å². The van der Waals surface area contributed by atoms with Gasteiger partial charge in [-0.1, -0.05) is 28.1 Å². The second kappa shape index (κ2) is 6.20. The van der Waals surface area contributed by atoms with Crippen LogP contribution in [0.2, 0.25) is 0 Å². The minimum Gasteiger partial charge on any atom is -0.335 e. The third-order valence-corrected chi connectivity index (χ3v) is 4.62. The summed E-state index contributed by atoms with van der Waals surface area (Å²) in [5.74, 6) is -0.0147. The average molecular weight is 371 g/mol. The van der Waals surface area contributed by atoms with Crippen molar-refractivity contribution in [2.45, 2.75) is 26.8 Å². The molecule has 1 heterocycles. The highest BCUT2D eigenvalue weighted by molar-refractivity contribution is 9.10. The first-order valence-electron chi connectivity index (χ1n) is 7.60. The molecule has 3 aromatic rings. The van der Waals surface area contributed by atoms with Gasteiger partial charge in [-0.25, -0.2) is 0 Å². The van der Waals surface area contributed by atoms with E-state index in [9.17, 15) is 4.79 Å². The van der Waals surface area contributed by atoms with Crippen LogP contribution in [-0.2, 0) is 4.79 Å². The maximum atomic E-state index is 12.6. The molecule has 0 saturated carbocycles. The van der Waals surface area contributed by atoms with E-state index in [1.54, 1.807) is 0 Å². The fraction of sp³-hybridized carbons (Fsp3) is 0.211. The van der Waals surface area contributed by atoms with E-state index in [-0.39, 0.29) is 11.9 Å². The fourth-order valence-corrected chi connectivity index (χ4v) is 3.09. The van der Waals surface area contributed by atoms with Crippen LogP contribution in [0.1, 0.15) is 24.1 Å². The third-order valence-electron chi connectivity index (χ3n) is 4.13. The molecular weight excluding hydrogens is 352 g/mol. The smallest absolute Gasteiger partial charge is 0.247 e. The van der Waals surface area contributed by atoms with Gasteiger partial charge in [0.15, 0.2) is 0 Å². The summed E-state index contributed by atoms with van der Waals surface area (Å²) < 4.78 is 3.04. The van der Waals surface area contributed by atoms with Crippen molar-refractivity contribution in [2.24, 2.45) is 0 Å². The Kier molecular flexibility index (Phi) is 4.26. The first-order valence-corrected chi connectivity index (χ1v) is 8.39. The Morgan fingerprint density at radius 2 is 1.91 bits per heavy atom. The largest absolute Gasteiger partial charge is 0.335 e. The minimum absolute atomic E-state index is 0.0147. The normalized spacial score (nSPS) is 12.3. The highest BCUT2D eigenvalue weighted by atomic mass is 79.9. The van der Waals surface area contributed by atoms with Crippen LogP contribution in [0.3, 0.4) is 0 Å². The Bertz CT molecular complexity index is 882. The van der Waals surface area contributed by atoms with Crippen molar-refractivity contribution in [1.82, 2.24) is 4.57 Å². The maximum absolute atomic E-state index is 12.6. The van der Waals surface area contributed by atoms with Crippen LogP contribution >= 0.6 is 15.9 Å². The molecule has 3 nitrogen and oxygen atoms in total. The van der Waals surface area contributed by atoms with Crippen molar-refractivity contribution in [3.8, 4) is 0 Å². The van der Waals surface area contributed by atoms with Gasteiger partial charge in [0.2, 0.25) is 5.91 Å². The number of hydrogen-bond acceptors (Lipinski definition) is 1. The lowest BCUT2D eigenvalue weighted by molar-refractivity contribution is -0.118. The van der Waals surface area contributed by atoms with E-state index in [4.69, 9.17) is 0 Å². The zero-order chi connectivity index (χ0) is 16.6. The number of aryl methyl sites for hydroxylation is 2. The van der Waals surface area contributed by atoms with Gasteiger partial charge in [-0.3, -0.25) is 4.79 Å². The van der Waals surface area contributed by atoms with Crippen molar-refractivity contribution in [3.63, 3.8) is 0 Å². The van der Waals surface area contributed by atoms with Crippen molar-refractivity contribution < 1.29 is 4.79 Å². The molecule has 23 heavy (non-hydrogen) atoms. The van der Waals surface area contributed by atoms with Gasteiger partial charge in [-0.05, 0) is 62.2 Å². The first kappa shape index (κ1) is 15.8. The minimum atomic E-state index is -0.284. The van der Waals surface area contributed by atoms with Crippen molar-refractivity contribution in [3.05, 3.63) is 64.3 Å². The lowest BCUT2D eigenvalue weighted by Gasteiger charge is -2.17. The Morgan fingerprint density at radius 3 is 2.70 bits per heavy atom. The molecular formula is C19H19BrN2O. The number of fused-ring (bicyclic) bond motifs is 1. The van der Waals surface area contributed by atoms with Gasteiger partial charge in [0.05, 0.1) is 0 Å². The average Bonchev–Trinajstić information content (AvgIpc) is 2.93. The third kappa shape index (κ3) is 3.17. The van der Waals surface area contributed by atoms with Gasteiger partial charge in [0.25, 0.3) is 0 Å². The number of halogens is 1. The highest BCUT2D eigenvalue weighted by Crippen LogP contribution is 2.25. The summed E-state index contributed by atoms with van der Waals surface area (Å²) >= 11 is 3.48. The predicted octanol–water partition coefficient (Wildman–Crippen LogP) is 5.22. The molecule has 0 fully saturated rings. The summed E-state index contributed by atoms with van der Waals surface area (Å²) in [7, 11) is 0. The van der Waals surface area contributed by atoms with E-state index in [2.05, 4.69) is 27.3 Å². The van der Waals surface area contributed by atoms with Crippen molar-refractivity contribution in [2.75, 3.05) is 5.32 Å². The number of aromatic nitrogens is 1. The molecule has 0 saturated heterocycles. The second-order valence-electron chi connectivity index (χ2n) is 5.91. The predicted molar refractivity (Wildman–Crippen MR) is 98.9 cm³/mol. The highest BCUT2D eigenvalue weighted by Gasteiger charge is 2.17. The molecule has 1 atom stereocenters. The Hall–Kier alpha value is -2.07. The van der Waals surface area contributed by atoms with Gasteiger partial charge in [-0.2, -0.15) is 0 Å². The molecule has 0 aliphatic heterocycles. The van der Waals surface area contributed by atoms with E-state index in [1.165, 1.54) is 0 Å². The van der Waals surface area contributed by atoms with Crippen molar-refractivity contribution in [1.29, 1.82) is 0 Å². The molecule has 0 aliphatic rings. The van der Waals surface area contributed by atoms with Crippen LogP contribution in [0.15, 0.2) is 53.1 Å². The summed E-state index contributed by atoms with van der Waals surface area (Å²) in [5.41, 5.74) is 4.13. The SMILES string of the molecule is Cc1ccc(C)c(NC(=O)C(C)n2ccc3cc(Br)ccc32)c1. The first-order chi connectivity index (χ1) is 11.0. The van der Waals surface area contributed by atoms with Gasteiger partial charge >= 0.3 is 0 Å². The molecule has 3 rings (SSSR count). The van der Waals surface area contributed by atoms with Crippen LogP contribution in [0.25, 0.3) is 10.9 Å². The van der Waals surface area contributed by atoms with E-state index in [1.807, 2.05) is 67.9 Å². The summed E-state index contributed by atoms with van der Waals surface area (Å²) in [4.78, 5) is 12.6. The summed E-state index contributed by atoms with van der Waals surface area (Å²) in [5, 5.41) is 4.16. The van der Waals surface area contributed by atoms with Gasteiger partial charge < -0.3 is 9.88 Å². The lowest BCUT2D eigenvalue weighted by Crippen LogP contribution is -2.23. The standard InChI is InChI=1S/C19H19BrN2O/c1-12-4-5-13(2)17(10-12)21-19(23)14(3)22-9-8-15-11-16(20)6-7-18(15)22/h4-11,14H,1-3H3,(H,21,23). The van der Waals surface area contributed by atoms with Crippen LogP contribution in [-0.4, -0.2) is 10.5 Å². The quantitative estimate of drug-likeness (QED) is 0.673. The zero-order valence-electron chi connectivity index (χ0n) is 13.4. The van der Waals surface area contributed by atoms with Crippen molar-refractivity contribution >= 4 is 38.4 Å². The molecule has 0 spiro atoms. The van der Waals surface area contributed by atoms with E-state index in [0.29, 0.717) is 0 Å². The number of anilines is 1. The zero-order valence-corrected chi connectivity index (χ0v) is 15.0. The van der Waals surface area contributed by atoms with Gasteiger partial charge in [0, 0.05) is 27.3 Å². The summed E-state index contributed by atoms with van der Waals surface area (Å²) in [6.45, 7) is 5.94. The maximum Gasteiger partial charge on any atom is 0.247 e. The van der Waals surface area contributed by atoms with E-state index in [0.717, 1.165) is 32.2 Å². The van der Waals surface area contributed by atoms with Gasteiger partial charge in [-0.15, -0.1) is 0 Å². The van der Waals surface area contributed by atoms with Gasteiger partial charge in [0.1, 0.15) is 6.04 Å². The number of nitrogens with zero attached hydrogens (tertiary/aromatic N) is 1. The Morgan fingerprint density at radius 1 is 1.13 bits per heavy atom. The number of carbonyl (C=O) groups is 1. The molecule has 1 aromatic heterocycles. The monoisotopic (exact) mass is 370 g/mol. The van der Waals surface area contributed by atoms with E-state index >= 15 is 0 Å². The molecule has 1 N–H and O–H groups in total. The number of nitrogens with one attached hydrogen (secondary N) is 1. The van der Waals surface area contributed by atoms with Crippen LogP contribution in [0, 0.1) is 13.8 Å². The Balaban J connectivity index is 1.88. The van der Waals surface area contributed by atoms with Crippen LogP contribution < -0.4 is 5.32 Å². The molecule has 4 heteroatoms. The molecule has 0 bridgehead atoms. The summed E-state index contributed by atoms with van der Waals surface area (Å²) in [6.07, 6.45) is 1.96. The number of amides is 1.